The van der Waals surface area contributed by atoms with Crippen LogP contribution in [-0.4, -0.2) is 53.7 Å². The number of aromatic nitrogens is 6. The zero-order chi connectivity index (χ0) is 25.5. The average Bonchev–Trinajstić information content (AvgIpc) is 3.27. The summed E-state index contributed by atoms with van der Waals surface area (Å²) < 4.78 is 13.2. The highest BCUT2D eigenvalue weighted by molar-refractivity contribution is 5.70. The molecule has 4 rings (SSSR count). The van der Waals surface area contributed by atoms with Crippen LogP contribution in [0.5, 0.6) is 11.6 Å². The number of nitriles is 1. The molecule has 2 atom stereocenters. The van der Waals surface area contributed by atoms with Crippen molar-refractivity contribution in [2.45, 2.75) is 51.7 Å². The molecule has 0 aromatic carbocycles. The number of ether oxygens (including phenoxy) is 2. The predicted octanol–water partition coefficient (Wildman–Crippen LogP) is 2.96. The summed E-state index contributed by atoms with van der Waals surface area (Å²) in [6.07, 6.45) is 4.78. The Labute approximate surface area is 208 Å². The Balaban J connectivity index is 1.49. The molecular formula is C24H28N8O4. The van der Waals surface area contributed by atoms with E-state index in [1.54, 1.807) is 36.1 Å². The minimum absolute atomic E-state index is 0.110. The summed E-state index contributed by atoms with van der Waals surface area (Å²) in [6, 6.07) is 7.17. The van der Waals surface area contributed by atoms with E-state index in [1.807, 2.05) is 6.92 Å². The maximum atomic E-state index is 11.4. The number of carbonyl (C=O) groups is 1. The molecular weight excluding hydrogens is 464 g/mol. The van der Waals surface area contributed by atoms with Crippen LogP contribution in [0.3, 0.4) is 0 Å². The van der Waals surface area contributed by atoms with E-state index in [4.69, 9.17) is 9.47 Å². The average molecular weight is 493 g/mol. The van der Waals surface area contributed by atoms with Gasteiger partial charge < -0.3 is 19.9 Å². The number of carboxylic acids is 1. The summed E-state index contributed by atoms with van der Waals surface area (Å²) >= 11 is 0. The van der Waals surface area contributed by atoms with E-state index in [1.165, 1.54) is 0 Å². The second kappa shape index (κ2) is 11.4. The van der Waals surface area contributed by atoms with Gasteiger partial charge in [0.15, 0.2) is 11.4 Å². The summed E-state index contributed by atoms with van der Waals surface area (Å²) in [5, 5.41) is 30.5. The SMILES string of the molecule is CCCOc1ccnc(NCc2c(-c3ccc(O[C@H]4CCC[C@H](C(=O)O)C4)c(C#N)n3)nnn2C)n1. The largest absolute Gasteiger partial charge is 0.487 e. The van der Waals surface area contributed by atoms with Crippen LogP contribution in [0.15, 0.2) is 24.4 Å². The number of aryl methyl sites for hydroxylation is 1. The Morgan fingerprint density at radius 2 is 2.17 bits per heavy atom. The van der Waals surface area contributed by atoms with Crippen LogP contribution in [0.4, 0.5) is 5.95 Å². The van der Waals surface area contributed by atoms with Crippen molar-refractivity contribution in [3.8, 4) is 29.1 Å². The van der Waals surface area contributed by atoms with Crippen LogP contribution in [0.25, 0.3) is 11.4 Å². The fourth-order valence-electron chi connectivity index (χ4n) is 4.06. The summed E-state index contributed by atoms with van der Waals surface area (Å²) in [4.78, 5) is 24.4. The molecule has 1 aliphatic rings. The van der Waals surface area contributed by atoms with E-state index in [0.717, 1.165) is 25.0 Å². The molecule has 3 aromatic heterocycles. The number of anilines is 1. The highest BCUT2D eigenvalue weighted by atomic mass is 16.5. The number of hydrogen-bond acceptors (Lipinski definition) is 10. The van der Waals surface area contributed by atoms with Gasteiger partial charge in [0.2, 0.25) is 11.8 Å². The van der Waals surface area contributed by atoms with Gasteiger partial charge >= 0.3 is 5.97 Å². The van der Waals surface area contributed by atoms with Gasteiger partial charge in [-0.3, -0.25) is 4.79 Å². The molecule has 1 saturated carbocycles. The normalized spacial score (nSPS) is 17.2. The molecule has 0 radical (unpaired) electrons. The fourth-order valence-corrected chi connectivity index (χ4v) is 4.06. The summed E-state index contributed by atoms with van der Waals surface area (Å²) in [7, 11) is 1.76. The summed E-state index contributed by atoms with van der Waals surface area (Å²) in [5.74, 6) is -0.0255. The lowest BCUT2D eigenvalue weighted by Crippen LogP contribution is -2.29. The molecule has 2 N–H and O–H groups in total. The van der Waals surface area contributed by atoms with Crippen molar-refractivity contribution >= 4 is 11.9 Å². The molecule has 0 aliphatic heterocycles. The second-order valence-electron chi connectivity index (χ2n) is 8.53. The molecule has 3 heterocycles. The maximum Gasteiger partial charge on any atom is 0.306 e. The third-order valence-corrected chi connectivity index (χ3v) is 5.92. The lowest BCUT2D eigenvalue weighted by atomic mass is 9.87. The van der Waals surface area contributed by atoms with Gasteiger partial charge in [0.1, 0.15) is 11.8 Å². The maximum absolute atomic E-state index is 11.4. The Morgan fingerprint density at radius 1 is 1.31 bits per heavy atom. The van der Waals surface area contributed by atoms with Gasteiger partial charge in [0, 0.05) is 19.3 Å². The Morgan fingerprint density at radius 3 is 2.94 bits per heavy atom. The zero-order valence-corrected chi connectivity index (χ0v) is 20.2. The van der Waals surface area contributed by atoms with Crippen LogP contribution in [-0.2, 0) is 18.4 Å². The summed E-state index contributed by atoms with van der Waals surface area (Å²) in [5.41, 5.74) is 1.81. The third kappa shape index (κ3) is 5.86. The first-order valence-electron chi connectivity index (χ1n) is 11.9. The number of carboxylic acid groups (broad SMARTS) is 1. The first kappa shape index (κ1) is 24.8. The number of hydrogen-bond donors (Lipinski definition) is 2. The van der Waals surface area contributed by atoms with Crippen molar-refractivity contribution in [1.29, 1.82) is 5.26 Å². The number of nitrogens with zero attached hydrogens (tertiary/aromatic N) is 7. The third-order valence-electron chi connectivity index (χ3n) is 5.92. The fraction of sp³-hybridized carbons (Fsp3) is 0.458. The van der Waals surface area contributed by atoms with E-state index in [0.29, 0.717) is 55.0 Å². The first-order valence-corrected chi connectivity index (χ1v) is 11.9. The van der Waals surface area contributed by atoms with E-state index in [2.05, 4.69) is 36.7 Å². The predicted molar refractivity (Wildman–Crippen MR) is 128 cm³/mol. The van der Waals surface area contributed by atoms with Gasteiger partial charge in [-0.15, -0.1) is 5.10 Å². The van der Waals surface area contributed by atoms with Gasteiger partial charge in [0.25, 0.3) is 0 Å². The monoisotopic (exact) mass is 492 g/mol. The van der Waals surface area contributed by atoms with Crippen molar-refractivity contribution in [1.82, 2.24) is 29.9 Å². The standard InChI is InChI=1S/C24H28N8O4/c1-3-11-35-21-9-10-26-24(29-21)27-14-19-22(30-31-32(19)2)17-7-8-20(18(13-25)28-17)36-16-6-4-5-15(12-16)23(33)34/h7-10,15-16H,3-6,11-12,14H2,1-2H3,(H,33,34)(H,26,27,29)/t15-,16-/m0/s1. The number of pyridine rings is 1. The van der Waals surface area contributed by atoms with Gasteiger partial charge in [-0.1, -0.05) is 12.1 Å². The van der Waals surface area contributed by atoms with E-state index < -0.39 is 11.9 Å². The molecule has 188 valence electrons. The quantitative estimate of drug-likeness (QED) is 0.428. The molecule has 3 aromatic rings. The molecule has 1 fully saturated rings. The highest BCUT2D eigenvalue weighted by Gasteiger charge is 2.29. The van der Waals surface area contributed by atoms with E-state index in [9.17, 15) is 15.2 Å². The molecule has 0 spiro atoms. The van der Waals surface area contributed by atoms with Crippen molar-refractivity contribution < 1.29 is 19.4 Å². The molecule has 36 heavy (non-hydrogen) atoms. The highest BCUT2D eigenvalue weighted by Crippen LogP contribution is 2.30. The van der Waals surface area contributed by atoms with Crippen molar-refractivity contribution in [2.75, 3.05) is 11.9 Å². The molecule has 0 unspecified atom stereocenters. The molecule has 0 saturated heterocycles. The number of aliphatic carboxylic acids is 1. The van der Waals surface area contributed by atoms with Crippen molar-refractivity contribution in [2.24, 2.45) is 13.0 Å². The van der Waals surface area contributed by atoms with Gasteiger partial charge in [0.05, 0.1) is 36.6 Å². The Bertz CT molecular complexity index is 1260. The van der Waals surface area contributed by atoms with Crippen LogP contribution in [0.2, 0.25) is 0 Å². The molecule has 12 heteroatoms. The molecule has 1 aliphatic carbocycles. The Kier molecular flexibility index (Phi) is 7.89. The topological polar surface area (TPSA) is 161 Å². The van der Waals surface area contributed by atoms with Crippen LogP contribution < -0.4 is 14.8 Å². The first-order chi connectivity index (χ1) is 17.5. The summed E-state index contributed by atoms with van der Waals surface area (Å²) in [6.45, 7) is 2.91. The van der Waals surface area contributed by atoms with Crippen molar-refractivity contribution in [3.05, 3.63) is 35.8 Å². The molecule has 0 bridgehead atoms. The van der Waals surface area contributed by atoms with E-state index in [-0.39, 0.29) is 11.8 Å². The number of nitrogens with one attached hydrogen (secondary N) is 1. The zero-order valence-electron chi connectivity index (χ0n) is 20.2. The van der Waals surface area contributed by atoms with Crippen molar-refractivity contribution in [3.63, 3.8) is 0 Å². The minimum Gasteiger partial charge on any atom is -0.487 e. The minimum atomic E-state index is -0.813. The van der Waals surface area contributed by atoms with Crippen LogP contribution in [0, 0.1) is 17.2 Å². The lowest BCUT2D eigenvalue weighted by Gasteiger charge is -2.27. The second-order valence-corrected chi connectivity index (χ2v) is 8.53. The molecule has 12 nitrogen and oxygen atoms in total. The van der Waals surface area contributed by atoms with E-state index >= 15 is 0 Å². The van der Waals surface area contributed by atoms with Crippen LogP contribution >= 0.6 is 0 Å². The number of rotatable bonds is 10. The smallest absolute Gasteiger partial charge is 0.306 e. The van der Waals surface area contributed by atoms with Gasteiger partial charge in [-0.05, 0) is 44.2 Å². The Hall–Kier alpha value is -4.27. The van der Waals surface area contributed by atoms with Gasteiger partial charge in [-0.25, -0.2) is 14.6 Å². The van der Waals surface area contributed by atoms with Crippen LogP contribution in [0.1, 0.15) is 50.4 Å². The van der Waals surface area contributed by atoms with Gasteiger partial charge in [-0.2, -0.15) is 10.2 Å². The lowest BCUT2D eigenvalue weighted by molar-refractivity contribution is -0.143. The molecule has 0 amide bonds.